The van der Waals surface area contributed by atoms with Crippen LogP contribution in [0.1, 0.15) is 32.6 Å². The summed E-state index contributed by atoms with van der Waals surface area (Å²) in [4.78, 5) is 0. The molecule has 1 aromatic rings. The van der Waals surface area contributed by atoms with Crippen LogP contribution in [0.15, 0.2) is 0 Å². The molecule has 1 fully saturated rings. The molecule has 0 amide bonds. The largest absolute Gasteiger partial charge is 0.349 e. The maximum atomic E-state index is 3.87. The summed E-state index contributed by atoms with van der Waals surface area (Å²) < 4.78 is 0. The molecule has 0 aliphatic heterocycles. The van der Waals surface area contributed by atoms with Crippen LogP contribution in [-0.2, 0) is 0 Å². The first-order valence-electron chi connectivity index (χ1n) is 4.84. The predicted molar refractivity (Wildman–Crippen MR) is 49.2 cm³/mol. The van der Waals surface area contributed by atoms with Gasteiger partial charge in [0.15, 0.2) is 0 Å². The summed E-state index contributed by atoms with van der Waals surface area (Å²) in [7, 11) is 0. The Labute approximate surface area is 77.3 Å². The summed E-state index contributed by atoms with van der Waals surface area (Å²) in [6.45, 7) is 2.31. The molecule has 0 radical (unpaired) electrons. The molecule has 5 nitrogen and oxygen atoms in total. The van der Waals surface area contributed by atoms with Crippen LogP contribution in [0.3, 0.4) is 0 Å². The third-order valence-electron chi connectivity index (χ3n) is 2.69. The standard InChI is InChI=1S/C8H15N5/c1-6-2-4-7(5-3-6)9-8-10-12-13-11-8/h6-7H,2-5H2,1H3,(H2,9,10,11,12,13). The molecule has 2 N–H and O–H groups in total. The van der Waals surface area contributed by atoms with Crippen molar-refractivity contribution in [1.82, 2.24) is 20.6 Å². The molecular weight excluding hydrogens is 166 g/mol. The van der Waals surface area contributed by atoms with Gasteiger partial charge in [0.2, 0.25) is 0 Å². The van der Waals surface area contributed by atoms with Gasteiger partial charge in [-0.05, 0) is 36.8 Å². The molecule has 0 bridgehead atoms. The van der Waals surface area contributed by atoms with Crippen molar-refractivity contribution in [3.05, 3.63) is 0 Å². The molecule has 5 heteroatoms. The lowest BCUT2D eigenvalue weighted by Gasteiger charge is -2.26. The van der Waals surface area contributed by atoms with Gasteiger partial charge >= 0.3 is 0 Å². The molecule has 1 aliphatic carbocycles. The molecule has 72 valence electrons. The molecule has 1 saturated carbocycles. The van der Waals surface area contributed by atoms with E-state index < -0.39 is 0 Å². The van der Waals surface area contributed by atoms with Crippen molar-refractivity contribution in [3.8, 4) is 0 Å². The van der Waals surface area contributed by atoms with E-state index in [1.165, 1.54) is 25.7 Å². The van der Waals surface area contributed by atoms with Gasteiger partial charge in [-0.15, -0.1) is 5.10 Å². The zero-order valence-corrected chi connectivity index (χ0v) is 7.82. The van der Waals surface area contributed by atoms with E-state index in [0.29, 0.717) is 12.0 Å². The van der Waals surface area contributed by atoms with Crippen LogP contribution in [0.25, 0.3) is 0 Å². The summed E-state index contributed by atoms with van der Waals surface area (Å²) in [6, 6.07) is 0.536. The van der Waals surface area contributed by atoms with E-state index >= 15 is 0 Å². The van der Waals surface area contributed by atoms with Crippen molar-refractivity contribution in [1.29, 1.82) is 0 Å². The van der Waals surface area contributed by atoms with Gasteiger partial charge in [-0.25, -0.2) is 0 Å². The SMILES string of the molecule is CC1CCC(Nc2nn[nH]n2)CC1. The fourth-order valence-electron chi connectivity index (χ4n) is 1.81. The highest BCUT2D eigenvalue weighted by atomic mass is 15.5. The molecule has 0 atom stereocenters. The summed E-state index contributed by atoms with van der Waals surface area (Å²) in [5.41, 5.74) is 0. The second-order valence-electron chi connectivity index (χ2n) is 3.84. The lowest BCUT2D eigenvalue weighted by molar-refractivity contribution is 0.360. The van der Waals surface area contributed by atoms with Gasteiger partial charge in [-0.3, -0.25) is 0 Å². The Balaban J connectivity index is 1.83. The van der Waals surface area contributed by atoms with Crippen LogP contribution in [0.5, 0.6) is 0 Å². The molecule has 0 saturated heterocycles. The topological polar surface area (TPSA) is 66.5 Å². The number of rotatable bonds is 2. The Morgan fingerprint density at radius 3 is 2.69 bits per heavy atom. The molecule has 1 heterocycles. The number of anilines is 1. The minimum Gasteiger partial charge on any atom is -0.349 e. The number of hydrogen-bond donors (Lipinski definition) is 2. The van der Waals surface area contributed by atoms with Crippen LogP contribution in [0.2, 0.25) is 0 Å². The number of nitrogens with one attached hydrogen (secondary N) is 2. The fourth-order valence-corrected chi connectivity index (χ4v) is 1.81. The Bertz CT molecular complexity index is 237. The zero-order chi connectivity index (χ0) is 9.10. The van der Waals surface area contributed by atoms with Gasteiger partial charge in [0.1, 0.15) is 0 Å². The van der Waals surface area contributed by atoms with Gasteiger partial charge in [0.25, 0.3) is 5.95 Å². The Morgan fingerprint density at radius 2 is 2.08 bits per heavy atom. The monoisotopic (exact) mass is 181 g/mol. The highest BCUT2D eigenvalue weighted by Crippen LogP contribution is 2.24. The predicted octanol–water partition coefficient (Wildman–Crippen LogP) is 1.19. The smallest absolute Gasteiger partial charge is 0.263 e. The second kappa shape index (κ2) is 3.72. The highest BCUT2D eigenvalue weighted by Gasteiger charge is 2.18. The Morgan fingerprint density at radius 1 is 1.31 bits per heavy atom. The number of aromatic amines is 1. The van der Waals surface area contributed by atoms with E-state index in [1.54, 1.807) is 0 Å². The molecule has 1 aliphatic rings. The van der Waals surface area contributed by atoms with Gasteiger partial charge in [0.05, 0.1) is 0 Å². The lowest BCUT2D eigenvalue weighted by Crippen LogP contribution is -2.25. The molecule has 0 aromatic carbocycles. The molecule has 0 unspecified atom stereocenters. The lowest BCUT2D eigenvalue weighted by atomic mass is 9.87. The zero-order valence-electron chi connectivity index (χ0n) is 7.82. The number of nitrogens with zero attached hydrogens (tertiary/aromatic N) is 3. The molecular formula is C8H15N5. The first-order chi connectivity index (χ1) is 6.34. The minimum absolute atomic E-state index is 0.536. The van der Waals surface area contributed by atoms with E-state index in [9.17, 15) is 0 Å². The average Bonchev–Trinajstić information content (AvgIpc) is 2.62. The highest BCUT2D eigenvalue weighted by molar-refractivity contribution is 5.21. The van der Waals surface area contributed by atoms with Crippen molar-refractivity contribution in [2.75, 3.05) is 5.32 Å². The summed E-state index contributed by atoms with van der Waals surface area (Å²) >= 11 is 0. The first-order valence-corrected chi connectivity index (χ1v) is 4.84. The normalized spacial score (nSPS) is 28.7. The summed E-state index contributed by atoms with van der Waals surface area (Å²) in [5, 5.41) is 16.9. The maximum absolute atomic E-state index is 3.87. The van der Waals surface area contributed by atoms with E-state index in [2.05, 4.69) is 32.9 Å². The Kier molecular flexibility index (Phi) is 2.42. The van der Waals surface area contributed by atoms with E-state index in [0.717, 1.165) is 5.92 Å². The van der Waals surface area contributed by atoms with Crippen molar-refractivity contribution >= 4 is 5.95 Å². The number of hydrogen-bond acceptors (Lipinski definition) is 4. The molecule has 2 rings (SSSR count). The maximum Gasteiger partial charge on any atom is 0.263 e. The van der Waals surface area contributed by atoms with Crippen LogP contribution < -0.4 is 5.32 Å². The molecule has 13 heavy (non-hydrogen) atoms. The number of aromatic nitrogens is 4. The van der Waals surface area contributed by atoms with Crippen molar-refractivity contribution in [2.24, 2.45) is 5.92 Å². The van der Waals surface area contributed by atoms with Crippen molar-refractivity contribution in [2.45, 2.75) is 38.6 Å². The van der Waals surface area contributed by atoms with E-state index in [-0.39, 0.29) is 0 Å². The van der Waals surface area contributed by atoms with Gasteiger partial charge < -0.3 is 5.32 Å². The average molecular weight is 181 g/mol. The fraction of sp³-hybridized carbons (Fsp3) is 0.875. The number of tetrazole rings is 1. The molecule has 1 aromatic heterocycles. The molecule has 0 spiro atoms. The van der Waals surface area contributed by atoms with Gasteiger partial charge in [-0.1, -0.05) is 12.0 Å². The van der Waals surface area contributed by atoms with Crippen LogP contribution in [-0.4, -0.2) is 26.7 Å². The second-order valence-corrected chi connectivity index (χ2v) is 3.84. The van der Waals surface area contributed by atoms with Gasteiger partial charge in [-0.2, -0.15) is 5.21 Å². The third kappa shape index (κ3) is 2.17. The van der Waals surface area contributed by atoms with E-state index in [4.69, 9.17) is 0 Å². The van der Waals surface area contributed by atoms with Crippen LogP contribution in [0.4, 0.5) is 5.95 Å². The summed E-state index contributed by atoms with van der Waals surface area (Å²) in [6.07, 6.45) is 5.04. The minimum atomic E-state index is 0.536. The quantitative estimate of drug-likeness (QED) is 0.719. The van der Waals surface area contributed by atoms with E-state index in [1.807, 2.05) is 0 Å². The van der Waals surface area contributed by atoms with Gasteiger partial charge in [0, 0.05) is 6.04 Å². The Hall–Kier alpha value is -1.13. The first kappa shape index (κ1) is 8.47. The summed E-state index contributed by atoms with van der Waals surface area (Å²) in [5.74, 6) is 1.50. The number of H-pyrrole nitrogens is 1. The van der Waals surface area contributed by atoms with Crippen molar-refractivity contribution in [3.63, 3.8) is 0 Å². The van der Waals surface area contributed by atoms with Crippen LogP contribution in [0, 0.1) is 5.92 Å². The van der Waals surface area contributed by atoms with Crippen LogP contribution >= 0.6 is 0 Å². The van der Waals surface area contributed by atoms with Crippen molar-refractivity contribution < 1.29 is 0 Å². The third-order valence-corrected chi connectivity index (χ3v) is 2.69.